The van der Waals surface area contributed by atoms with Crippen LogP contribution in [-0.2, 0) is 6.42 Å². The third-order valence-electron chi connectivity index (χ3n) is 3.55. The van der Waals surface area contributed by atoms with E-state index in [0.717, 1.165) is 23.5 Å². The molecule has 1 aliphatic rings. The Kier molecular flexibility index (Phi) is 3.77. The first-order chi connectivity index (χ1) is 10.3. The summed E-state index contributed by atoms with van der Waals surface area (Å²) in [5.41, 5.74) is 2.62. The zero-order valence-corrected chi connectivity index (χ0v) is 11.8. The molecule has 1 unspecified atom stereocenters. The van der Waals surface area contributed by atoms with Crippen LogP contribution >= 0.6 is 0 Å². The zero-order chi connectivity index (χ0) is 14.7. The molecule has 0 amide bonds. The molecule has 2 aromatic rings. The zero-order valence-electron chi connectivity index (χ0n) is 11.8. The van der Waals surface area contributed by atoms with Crippen molar-refractivity contribution >= 4 is 5.71 Å². The average molecular weight is 283 g/mol. The van der Waals surface area contributed by atoms with E-state index in [1.54, 1.807) is 6.92 Å². The van der Waals surface area contributed by atoms with Crippen LogP contribution in [0, 0.1) is 0 Å². The fraction of sp³-hybridized carbons (Fsp3) is 0.235. The number of benzene rings is 2. The molecule has 1 heterocycles. The minimum absolute atomic E-state index is 0.0404. The molecule has 0 fully saturated rings. The molecule has 1 N–H and O–H groups in total. The number of hydrogen-bond donors (Lipinski definition) is 1. The SMILES string of the molecule is CC(=NO)c1cccc(OCC2Cc3ccccc3O2)c1. The van der Waals surface area contributed by atoms with Crippen molar-refractivity contribution in [3.8, 4) is 11.5 Å². The Hall–Kier alpha value is -2.49. The molecular weight excluding hydrogens is 266 g/mol. The van der Waals surface area contributed by atoms with Gasteiger partial charge in [-0.2, -0.15) is 0 Å². The van der Waals surface area contributed by atoms with E-state index in [0.29, 0.717) is 12.3 Å². The molecule has 0 radical (unpaired) electrons. The number of oxime groups is 1. The normalized spacial score (nSPS) is 17.2. The highest BCUT2D eigenvalue weighted by Gasteiger charge is 2.22. The van der Waals surface area contributed by atoms with Gasteiger partial charge in [0.1, 0.15) is 24.2 Å². The smallest absolute Gasteiger partial charge is 0.137 e. The van der Waals surface area contributed by atoms with Gasteiger partial charge in [-0.1, -0.05) is 35.5 Å². The van der Waals surface area contributed by atoms with E-state index in [2.05, 4.69) is 11.2 Å². The summed E-state index contributed by atoms with van der Waals surface area (Å²) in [5, 5.41) is 12.0. The quantitative estimate of drug-likeness (QED) is 0.532. The lowest BCUT2D eigenvalue weighted by Crippen LogP contribution is -2.22. The van der Waals surface area contributed by atoms with E-state index in [9.17, 15) is 0 Å². The van der Waals surface area contributed by atoms with Crippen molar-refractivity contribution in [1.82, 2.24) is 0 Å². The molecule has 0 aliphatic carbocycles. The Balaban J connectivity index is 1.62. The van der Waals surface area contributed by atoms with E-state index in [4.69, 9.17) is 14.7 Å². The molecule has 1 atom stereocenters. The van der Waals surface area contributed by atoms with Gasteiger partial charge in [-0.05, 0) is 30.7 Å². The summed E-state index contributed by atoms with van der Waals surface area (Å²) in [5.74, 6) is 1.69. The fourth-order valence-electron chi connectivity index (χ4n) is 2.40. The Bertz CT molecular complexity index is 642. The van der Waals surface area contributed by atoms with E-state index in [1.807, 2.05) is 42.5 Å². The van der Waals surface area contributed by atoms with Crippen LogP contribution in [0.25, 0.3) is 0 Å². The third-order valence-corrected chi connectivity index (χ3v) is 3.55. The molecule has 1 aliphatic heterocycles. The molecular formula is C17H17NO3. The first kappa shape index (κ1) is 13.5. The summed E-state index contributed by atoms with van der Waals surface area (Å²) in [7, 11) is 0. The Morgan fingerprint density at radius 1 is 1.29 bits per heavy atom. The van der Waals surface area contributed by atoms with Crippen molar-refractivity contribution < 1.29 is 14.7 Å². The summed E-state index contributed by atoms with van der Waals surface area (Å²) in [6.45, 7) is 2.24. The van der Waals surface area contributed by atoms with Crippen LogP contribution in [0.5, 0.6) is 11.5 Å². The number of para-hydroxylation sites is 1. The summed E-state index contributed by atoms with van der Waals surface area (Å²) in [6, 6.07) is 15.6. The van der Waals surface area contributed by atoms with Crippen LogP contribution in [0.2, 0.25) is 0 Å². The number of ether oxygens (including phenoxy) is 2. The molecule has 4 nitrogen and oxygen atoms in total. The topological polar surface area (TPSA) is 51.1 Å². The van der Waals surface area contributed by atoms with Crippen molar-refractivity contribution in [2.75, 3.05) is 6.61 Å². The van der Waals surface area contributed by atoms with E-state index < -0.39 is 0 Å². The lowest BCUT2D eigenvalue weighted by molar-refractivity contribution is 0.148. The molecule has 2 aromatic carbocycles. The molecule has 21 heavy (non-hydrogen) atoms. The van der Waals surface area contributed by atoms with Crippen LogP contribution in [0.1, 0.15) is 18.1 Å². The van der Waals surface area contributed by atoms with Crippen LogP contribution in [0.15, 0.2) is 53.7 Å². The Labute approximate surface area is 123 Å². The second kappa shape index (κ2) is 5.87. The van der Waals surface area contributed by atoms with Gasteiger partial charge in [0.2, 0.25) is 0 Å². The summed E-state index contributed by atoms with van der Waals surface area (Å²) in [4.78, 5) is 0. The van der Waals surface area contributed by atoms with E-state index in [1.165, 1.54) is 5.56 Å². The van der Waals surface area contributed by atoms with Crippen molar-refractivity contribution in [2.24, 2.45) is 5.16 Å². The van der Waals surface area contributed by atoms with Gasteiger partial charge in [-0.25, -0.2) is 0 Å². The molecule has 0 saturated carbocycles. The van der Waals surface area contributed by atoms with E-state index >= 15 is 0 Å². The molecule has 0 saturated heterocycles. The number of rotatable bonds is 4. The van der Waals surface area contributed by atoms with Crippen molar-refractivity contribution in [2.45, 2.75) is 19.4 Å². The van der Waals surface area contributed by atoms with Gasteiger partial charge in [0.05, 0.1) is 5.71 Å². The van der Waals surface area contributed by atoms with E-state index in [-0.39, 0.29) is 6.10 Å². The van der Waals surface area contributed by atoms with Crippen molar-refractivity contribution in [1.29, 1.82) is 0 Å². The van der Waals surface area contributed by atoms with Crippen LogP contribution in [0.4, 0.5) is 0 Å². The lowest BCUT2D eigenvalue weighted by atomic mass is 10.1. The second-order valence-electron chi connectivity index (χ2n) is 5.08. The fourth-order valence-corrected chi connectivity index (χ4v) is 2.40. The molecule has 0 aromatic heterocycles. The van der Waals surface area contributed by atoms with Gasteiger partial charge < -0.3 is 14.7 Å². The maximum atomic E-state index is 8.81. The van der Waals surface area contributed by atoms with Gasteiger partial charge in [-0.3, -0.25) is 0 Å². The van der Waals surface area contributed by atoms with Gasteiger partial charge in [0, 0.05) is 12.0 Å². The molecule has 0 spiro atoms. The predicted octanol–water partition coefficient (Wildman–Crippen LogP) is 3.27. The highest BCUT2D eigenvalue weighted by molar-refractivity contribution is 5.98. The Morgan fingerprint density at radius 3 is 2.95 bits per heavy atom. The first-order valence-corrected chi connectivity index (χ1v) is 6.92. The maximum absolute atomic E-state index is 8.81. The average Bonchev–Trinajstić information content (AvgIpc) is 2.95. The summed E-state index contributed by atoms with van der Waals surface area (Å²) < 4.78 is 11.6. The molecule has 108 valence electrons. The van der Waals surface area contributed by atoms with Crippen LogP contribution < -0.4 is 9.47 Å². The maximum Gasteiger partial charge on any atom is 0.137 e. The lowest BCUT2D eigenvalue weighted by Gasteiger charge is -2.13. The highest BCUT2D eigenvalue weighted by Crippen LogP contribution is 2.28. The first-order valence-electron chi connectivity index (χ1n) is 6.92. The predicted molar refractivity (Wildman–Crippen MR) is 80.5 cm³/mol. The Morgan fingerprint density at radius 2 is 2.14 bits per heavy atom. The van der Waals surface area contributed by atoms with Crippen LogP contribution in [0.3, 0.4) is 0 Å². The van der Waals surface area contributed by atoms with Gasteiger partial charge in [0.25, 0.3) is 0 Å². The van der Waals surface area contributed by atoms with Crippen molar-refractivity contribution in [3.05, 3.63) is 59.7 Å². The highest BCUT2D eigenvalue weighted by atomic mass is 16.5. The monoisotopic (exact) mass is 283 g/mol. The minimum atomic E-state index is 0.0404. The molecule has 4 heteroatoms. The van der Waals surface area contributed by atoms with Gasteiger partial charge in [-0.15, -0.1) is 0 Å². The number of nitrogens with zero attached hydrogens (tertiary/aromatic N) is 1. The third kappa shape index (κ3) is 2.99. The van der Waals surface area contributed by atoms with Gasteiger partial charge >= 0.3 is 0 Å². The van der Waals surface area contributed by atoms with Gasteiger partial charge in [0.15, 0.2) is 0 Å². The molecule has 3 rings (SSSR count). The number of fused-ring (bicyclic) bond motifs is 1. The molecule has 0 bridgehead atoms. The van der Waals surface area contributed by atoms with Crippen LogP contribution in [-0.4, -0.2) is 23.6 Å². The minimum Gasteiger partial charge on any atom is -0.490 e. The summed E-state index contributed by atoms with van der Waals surface area (Å²) >= 11 is 0. The summed E-state index contributed by atoms with van der Waals surface area (Å²) in [6.07, 6.45) is 0.908. The standard InChI is InChI=1S/C17H17NO3/c1-12(18-19)13-6-4-7-15(9-13)20-11-16-10-14-5-2-3-8-17(14)21-16/h2-9,16,19H,10-11H2,1H3. The number of hydrogen-bond acceptors (Lipinski definition) is 4. The largest absolute Gasteiger partial charge is 0.490 e. The second-order valence-corrected chi connectivity index (χ2v) is 5.08. The van der Waals surface area contributed by atoms with Crippen molar-refractivity contribution in [3.63, 3.8) is 0 Å².